The summed E-state index contributed by atoms with van der Waals surface area (Å²) >= 11 is 0. The molecule has 1 rings (SSSR count). The van der Waals surface area contributed by atoms with Crippen LogP contribution < -0.4 is 5.32 Å². The summed E-state index contributed by atoms with van der Waals surface area (Å²) in [5.41, 5.74) is 0.122. The molecule has 5 heteroatoms. The number of sulfone groups is 1. The molecule has 0 aromatic carbocycles. The van der Waals surface area contributed by atoms with Crippen LogP contribution in [0.2, 0.25) is 0 Å². The van der Waals surface area contributed by atoms with Crippen LogP contribution in [0.4, 0.5) is 0 Å². The molecular weight excluding hydrogens is 248 g/mol. The van der Waals surface area contributed by atoms with Crippen LogP contribution in [0.25, 0.3) is 0 Å². The zero-order valence-electron chi connectivity index (χ0n) is 12.4. The smallest absolute Gasteiger partial charge is 0.147 e. The normalized spacial score (nSPS) is 25.6. The van der Waals surface area contributed by atoms with Gasteiger partial charge in [0.15, 0.2) is 0 Å². The molecule has 1 aliphatic heterocycles. The summed E-state index contributed by atoms with van der Waals surface area (Å²) in [7, 11) is -2.83. The quantitative estimate of drug-likeness (QED) is 0.818. The fraction of sp³-hybridized carbons (Fsp3) is 1.00. The third-order valence-electron chi connectivity index (χ3n) is 3.59. The highest BCUT2D eigenvalue weighted by atomic mass is 32.2. The Morgan fingerprint density at radius 2 is 2.00 bits per heavy atom. The number of rotatable bonds is 5. The van der Waals surface area contributed by atoms with E-state index in [4.69, 9.17) is 0 Å². The fourth-order valence-electron chi connectivity index (χ4n) is 2.62. The standard InChI is InChI=1S/C13H28N2O2S/c1-11(2)12-9-14-13(3,4)10-15(12)7-6-8-18(5,16)17/h11-12,14H,6-10H2,1-5H3. The Kier molecular flexibility index (Phi) is 5.21. The maximum absolute atomic E-state index is 11.2. The lowest BCUT2D eigenvalue weighted by Crippen LogP contribution is -2.63. The predicted molar refractivity (Wildman–Crippen MR) is 76.6 cm³/mol. The maximum atomic E-state index is 11.2. The van der Waals surface area contributed by atoms with Crippen LogP contribution in [0.15, 0.2) is 0 Å². The molecule has 0 bridgehead atoms. The first-order valence-electron chi connectivity index (χ1n) is 6.77. The molecule has 0 radical (unpaired) electrons. The lowest BCUT2D eigenvalue weighted by Gasteiger charge is -2.46. The molecule has 1 aliphatic rings. The van der Waals surface area contributed by atoms with Crippen LogP contribution >= 0.6 is 0 Å². The van der Waals surface area contributed by atoms with E-state index in [-0.39, 0.29) is 5.54 Å². The van der Waals surface area contributed by atoms with Crippen molar-refractivity contribution in [3.05, 3.63) is 0 Å². The van der Waals surface area contributed by atoms with Gasteiger partial charge >= 0.3 is 0 Å². The van der Waals surface area contributed by atoms with Gasteiger partial charge in [-0.1, -0.05) is 13.8 Å². The van der Waals surface area contributed by atoms with E-state index >= 15 is 0 Å². The number of piperazine rings is 1. The van der Waals surface area contributed by atoms with Crippen molar-refractivity contribution in [3.8, 4) is 0 Å². The maximum Gasteiger partial charge on any atom is 0.147 e. The Morgan fingerprint density at radius 1 is 1.39 bits per heavy atom. The van der Waals surface area contributed by atoms with Crippen molar-refractivity contribution in [2.75, 3.05) is 31.6 Å². The number of hydrogen-bond acceptors (Lipinski definition) is 4. The summed E-state index contributed by atoms with van der Waals surface area (Å²) in [4.78, 5) is 2.45. The van der Waals surface area contributed by atoms with Crippen LogP contribution in [-0.2, 0) is 9.84 Å². The van der Waals surface area contributed by atoms with Crippen molar-refractivity contribution in [1.29, 1.82) is 0 Å². The molecule has 0 saturated carbocycles. The van der Waals surface area contributed by atoms with E-state index in [2.05, 4.69) is 37.9 Å². The van der Waals surface area contributed by atoms with E-state index < -0.39 is 9.84 Å². The summed E-state index contributed by atoms with van der Waals surface area (Å²) in [5, 5.41) is 3.57. The van der Waals surface area contributed by atoms with Gasteiger partial charge in [0.1, 0.15) is 9.84 Å². The minimum atomic E-state index is -2.83. The summed E-state index contributed by atoms with van der Waals surface area (Å²) in [5.74, 6) is 0.883. The van der Waals surface area contributed by atoms with E-state index in [1.807, 2.05) is 0 Å². The molecule has 1 unspecified atom stereocenters. The molecule has 4 nitrogen and oxygen atoms in total. The van der Waals surface area contributed by atoms with Gasteiger partial charge in [-0.05, 0) is 32.7 Å². The van der Waals surface area contributed by atoms with Gasteiger partial charge in [0.25, 0.3) is 0 Å². The molecule has 0 aromatic heterocycles. The third kappa shape index (κ3) is 5.24. The average molecular weight is 276 g/mol. The SMILES string of the molecule is CC(C)C1CNC(C)(C)CN1CCCS(C)(=O)=O. The van der Waals surface area contributed by atoms with Crippen molar-refractivity contribution in [3.63, 3.8) is 0 Å². The molecule has 1 fully saturated rings. The van der Waals surface area contributed by atoms with Gasteiger partial charge in [-0.15, -0.1) is 0 Å². The molecule has 0 aliphatic carbocycles. The molecule has 18 heavy (non-hydrogen) atoms. The molecule has 0 aromatic rings. The summed E-state index contributed by atoms with van der Waals surface area (Å²) in [6.07, 6.45) is 2.05. The van der Waals surface area contributed by atoms with Gasteiger partial charge in [0.2, 0.25) is 0 Å². The first kappa shape index (κ1) is 15.9. The van der Waals surface area contributed by atoms with Crippen molar-refractivity contribution < 1.29 is 8.42 Å². The second-order valence-corrected chi connectivity index (χ2v) is 8.79. The molecule has 0 spiro atoms. The molecule has 1 atom stereocenters. The second-order valence-electron chi connectivity index (χ2n) is 6.53. The largest absolute Gasteiger partial charge is 0.309 e. The molecule has 1 N–H and O–H groups in total. The number of nitrogens with one attached hydrogen (secondary N) is 1. The Bertz CT molecular complexity index is 363. The van der Waals surface area contributed by atoms with Gasteiger partial charge in [0.05, 0.1) is 5.75 Å². The molecule has 1 saturated heterocycles. The molecule has 0 amide bonds. The monoisotopic (exact) mass is 276 g/mol. The molecular formula is C13H28N2O2S. The zero-order chi connectivity index (χ0) is 14.0. The Hall–Kier alpha value is -0.130. The number of hydrogen-bond donors (Lipinski definition) is 1. The topological polar surface area (TPSA) is 49.4 Å². The Morgan fingerprint density at radius 3 is 2.50 bits per heavy atom. The highest BCUT2D eigenvalue weighted by Crippen LogP contribution is 2.20. The predicted octanol–water partition coefficient (Wildman–Crippen LogP) is 1.13. The number of nitrogens with zero attached hydrogens (tertiary/aromatic N) is 1. The van der Waals surface area contributed by atoms with Crippen LogP contribution in [0.5, 0.6) is 0 Å². The van der Waals surface area contributed by atoms with Crippen molar-refractivity contribution in [2.45, 2.75) is 45.7 Å². The fourth-order valence-corrected chi connectivity index (χ4v) is 3.28. The Balaban J connectivity index is 2.56. The third-order valence-corrected chi connectivity index (χ3v) is 4.62. The molecule has 108 valence electrons. The van der Waals surface area contributed by atoms with Crippen LogP contribution in [-0.4, -0.2) is 56.5 Å². The minimum Gasteiger partial charge on any atom is -0.309 e. The van der Waals surface area contributed by atoms with Crippen LogP contribution in [0.3, 0.4) is 0 Å². The lowest BCUT2D eigenvalue weighted by molar-refractivity contribution is 0.0698. The van der Waals surface area contributed by atoms with Crippen LogP contribution in [0, 0.1) is 5.92 Å². The van der Waals surface area contributed by atoms with E-state index in [9.17, 15) is 8.42 Å². The van der Waals surface area contributed by atoms with E-state index in [1.54, 1.807) is 0 Å². The summed E-state index contributed by atoms with van der Waals surface area (Å²) < 4.78 is 22.4. The zero-order valence-corrected chi connectivity index (χ0v) is 13.2. The van der Waals surface area contributed by atoms with Crippen LogP contribution in [0.1, 0.15) is 34.1 Å². The molecule has 1 heterocycles. The van der Waals surface area contributed by atoms with Gasteiger partial charge in [-0.25, -0.2) is 8.42 Å². The summed E-state index contributed by atoms with van der Waals surface area (Å²) in [6.45, 7) is 11.7. The second kappa shape index (κ2) is 5.88. The summed E-state index contributed by atoms with van der Waals surface area (Å²) in [6, 6.07) is 0.512. The van der Waals surface area contributed by atoms with E-state index in [0.717, 1.165) is 26.1 Å². The van der Waals surface area contributed by atoms with Gasteiger partial charge in [-0.3, -0.25) is 4.90 Å². The van der Waals surface area contributed by atoms with Crippen molar-refractivity contribution in [1.82, 2.24) is 10.2 Å². The average Bonchev–Trinajstić information content (AvgIpc) is 2.13. The minimum absolute atomic E-state index is 0.122. The van der Waals surface area contributed by atoms with Crippen molar-refractivity contribution in [2.24, 2.45) is 5.92 Å². The van der Waals surface area contributed by atoms with Crippen molar-refractivity contribution >= 4 is 9.84 Å². The van der Waals surface area contributed by atoms with Gasteiger partial charge in [0, 0.05) is 30.9 Å². The Labute approximate surface area is 112 Å². The highest BCUT2D eigenvalue weighted by Gasteiger charge is 2.33. The first-order chi connectivity index (χ1) is 8.11. The first-order valence-corrected chi connectivity index (χ1v) is 8.83. The lowest BCUT2D eigenvalue weighted by atomic mass is 9.93. The van der Waals surface area contributed by atoms with E-state index in [1.165, 1.54) is 6.26 Å². The highest BCUT2D eigenvalue weighted by molar-refractivity contribution is 7.90. The van der Waals surface area contributed by atoms with Gasteiger partial charge < -0.3 is 5.32 Å². The van der Waals surface area contributed by atoms with Gasteiger partial charge in [-0.2, -0.15) is 0 Å². The van der Waals surface area contributed by atoms with E-state index in [0.29, 0.717) is 17.7 Å².